The average Bonchev–Trinajstić information content (AvgIpc) is 3.14. The summed E-state index contributed by atoms with van der Waals surface area (Å²) < 4.78 is 0. The minimum atomic E-state index is -0.334. The van der Waals surface area contributed by atoms with Crippen LogP contribution in [0.1, 0.15) is 88.9 Å². The monoisotopic (exact) mass is 736 g/mol. The highest BCUT2D eigenvalue weighted by Crippen LogP contribution is 2.40. The molecule has 4 N–H and O–H groups in total. The third-order valence-electron chi connectivity index (χ3n) is 10.3. The third-order valence-corrected chi connectivity index (χ3v) is 10.3. The maximum atomic E-state index is 10.6. The highest BCUT2D eigenvalue weighted by Gasteiger charge is 2.28. The smallest absolute Gasteiger partial charge is 0.122 e. The lowest BCUT2D eigenvalue weighted by Crippen LogP contribution is -2.20. The molecule has 0 aliphatic heterocycles. The Morgan fingerprint density at radius 1 is 0.364 bits per heavy atom. The van der Waals surface area contributed by atoms with Gasteiger partial charge in [-0.1, -0.05) is 119 Å². The van der Waals surface area contributed by atoms with E-state index in [2.05, 4.69) is 98.0 Å². The molecule has 0 heterocycles. The van der Waals surface area contributed by atoms with Gasteiger partial charge in [0.2, 0.25) is 0 Å². The number of rotatable bonds is 18. The molecule has 4 aromatic rings. The zero-order valence-corrected chi connectivity index (χ0v) is 33.4. The summed E-state index contributed by atoms with van der Waals surface area (Å²) in [5.41, 5.74) is 9.83. The maximum absolute atomic E-state index is 10.6. The SMILES string of the molecule is C=CCc1cc(C(C)(C)c2cc(CC=C)c(O)c(CC=C)c2)cc(CC=C)c1O.C=CCc1cc(C(C)(C)c2cc(CC=C)c(O)c(CC=C)c2)ccc1O. The molecule has 55 heavy (non-hydrogen) atoms. The summed E-state index contributed by atoms with van der Waals surface area (Å²) in [6, 6.07) is 18.0. The number of hydrogen-bond acceptors (Lipinski definition) is 4. The molecule has 0 spiro atoms. The van der Waals surface area contributed by atoms with Crippen molar-refractivity contribution in [3.63, 3.8) is 0 Å². The number of phenolic OH excluding ortho intramolecular Hbond substituents is 4. The summed E-state index contributed by atoms with van der Waals surface area (Å²) >= 11 is 0. The molecule has 4 nitrogen and oxygen atoms in total. The van der Waals surface area contributed by atoms with Gasteiger partial charge in [-0.2, -0.15) is 0 Å². The van der Waals surface area contributed by atoms with Crippen LogP contribution in [0.3, 0.4) is 0 Å². The number of aromatic hydroxyl groups is 4. The van der Waals surface area contributed by atoms with E-state index in [0.29, 0.717) is 62.2 Å². The van der Waals surface area contributed by atoms with Crippen LogP contribution in [0, 0.1) is 0 Å². The Bertz CT molecular complexity index is 1890. The minimum absolute atomic E-state index is 0.287. The highest BCUT2D eigenvalue weighted by atomic mass is 16.3. The molecule has 0 aromatic heterocycles. The fourth-order valence-corrected chi connectivity index (χ4v) is 6.86. The maximum Gasteiger partial charge on any atom is 0.122 e. The summed E-state index contributed by atoms with van der Waals surface area (Å²) in [7, 11) is 0. The molecule has 4 rings (SSSR count). The van der Waals surface area contributed by atoms with Gasteiger partial charge < -0.3 is 20.4 Å². The van der Waals surface area contributed by atoms with Crippen LogP contribution < -0.4 is 0 Å². The fourth-order valence-electron chi connectivity index (χ4n) is 6.86. The van der Waals surface area contributed by atoms with Gasteiger partial charge in [0.1, 0.15) is 23.0 Å². The van der Waals surface area contributed by atoms with Crippen LogP contribution in [-0.4, -0.2) is 20.4 Å². The van der Waals surface area contributed by atoms with Crippen molar-refractivity contribution in [2.75, 3.05) is 0 Å². The minimum Gasteiger partial charge on any atom is -0.508 e. The zero-order chi connectivity index (χ0) is 40.9. The molecular formula is C51H60O4. The summed E-state index contributed by atoms with van der Waals surface area (Å²) in [6.07, 6.45) is 16.8. The molecular weight excluding hydrogens is 677 g/mol. The topological polar surface area (TPSA) is 80.9 Å². The van der Waals surface area contributed by atoms with E-state index >= 15 is 0 Å². The molecule has 0 saturated heterocycles. The van der Waals surface area contributed by atoms with Crippen LogP contribution in [0.4, 0.5) is 0 Å². The Balaban J connectivity index is 0.000000297. The Morgan fingerprint density at radius 2 is 0.582 bits per heavy atom. The van der Waals surface area contributed by atoms with Crippen molar-refractivity contribution in [2.24, 2.45) is 0 Å². The fraction of sp³-hybridized carbons (Fsp3) is 0.255. The van der Waals surface area contributed by atoms with Crippen molar-refractivity contribution >= 4 is 0 Å². The second-order valence-corrected chi connectivity index (χ2v) is 15.0. The average molecular weight is 737 g/mol. The van der Waals surface area contributed by atoms with E-state index < -0.39 is 0 Å². The molecule has 0 unspecified atom stereocenters. The van der Waals surface area contributed by atoms with Crippen LogP contribution in [-0.2, 0) is 55.8 Å². The van der Waals surface area contributed by atoms with E-state index in [1.807, 2.05) is 24.3 Å². The molecule has 0 saturated carbocycles. The van der Waals surface area contributed by atoms with E-state index in [1.165, 1.54) is 0 Å². The first-order valence-corrected chi connectivity index (χ1v) is 18.8. The predicted octanol–water partition coefficient (Wildman–Crippen LogP) is 11.9. The van der Waals surface area contributed by atoms with Crippen molar-refractivity contribution in [2.45, 2.75) is 83.5 Å². The van der Waals surface area contributed by atoms with E-state index in [1.54, 1.807) is 48.6 Å². The van der Waals surface area contributed by atoms with Gasteiger partial charge in [0.25, 0.3) is 0 Å². The number of hydrogen-bond donors (Lipinski definition) is 4. The lowest BCUT2D eigenvalue weighted by Gasteiger charge is -2.29. The second kappa shape index (κ2) is 19.5. The van der Waals surface area contributed by atoms with Crippen LogP contribution in [0.25, 0.3) is 0 Å². The first kappa shape index (κ1) is 43.7. The van der Waals surface area contributed by atoms with Crippen LogP contribution in [0.15, 0.2) is 143 Å². The van der Waals surface area contributed by atoms with Gasteiger partial charge in [0.15, 0.2) is 0 Å². The number of phenols is 4. The van der Waals surface area contributed by atoms with Gasteiger partial charge in [-0.05, 0) is 112 Å². The molecule has 288 valence electrons. The van der Waals surface area contributed by atoms with Crippen molar-refractivity contribution < 1.29 is 20.4 Å². The molecule has 0 aliphatic rings. The first-order chi connectivity index (χ1) is 26.1. The van der Waals surface area contributed by atoms with Gasteiger partial charge >= 0.3 is 0 Å². The predicted molar refractivity (Wildman–Crippen MR) is 234 cm³/mol. The van der Waals surface area contributed by atoms with Crippen molar-refractivity contribution in [3.05, 3.63) is 204 Å². The molecule has 0 aliphatic carbocycles. The Labute approximate surface area is 330 Å². The molecule has 0 bridgehead atoms. The second-order valence-electron chi connectivity index (χ2n) is 15.0. The van der Waals surface area contributed by atoms with Gasteiger partial charge in [0, 0.05) is 10.8 Å². The Kier molecular flexibility index (Phi) is 15.5. The number of allylic oxidation sites excluding steroid dienone is 7. The van der Waals surface area contributed by atoms with Crippen LogP contribution in [0.2, 0.25) is 0 Å². The normalized spacial score (nSPS) is 11.1. The summed E-state index contributed by atoms with van der Waals surface area (Å²) in [4.78, 5) is 0. The zero-order valence-electron chi connectivity index (χ0n) is 33.4. The first-order valence-electron chi connectivity index (χ1n) is 18.8. The van der Waals surface area contributed by atoms with Gasteiger partial charge in [-0.15, -0.1) is 46.1 Å². The van der Waals surface area contributed by atoms with Crippen molar-refractivity contribution in [1.29, 1.82) is 0 Å². The largest absolute Gasteiger partial charge is 0.508 e. The van der Waals surface area contributed by atoms with Crippen molar-refractivity contribution in [1.82, 2.24) is 0 Å². The molecule has 0 amide bonds. The third kappa shape index (κ3) is 10.3. The quantitative estimate of drug-likeness (QED) is 0.0767. The highest BCUT2D eigenvalue weighted by molar-refractivity contribution is 5.54. The molecule has 0 fully saturated rings. The van der Waals surface area contributed by atoms with E-state index in [-0.39, 0.29) is 16.6 Å². The lowest BCUT2D eigenvalue weighted by atomic mass is 9.75. The summed E-state index contributed by atoms with van der Waals surface area (Å²) in [5, 5.41) is 41.8. The molecule has 4 heteroatoms. The van der Waals surface area contributed by atoms with E-state index in [9.17, 15) is 20.4 Å². The van der Waals surface area contributed by atoms with Gasteiger partial charge in [-0.25, -0.2) is 0 Å². The number of benzene rings is 4. The lowest BCUT2D eigenvalue weighted by molar-refractivity contribution is 0.461. The Hall–Kier alpha value is -5.74. The summed E-state index contributed by atoms with van der Waals surface area (Å²) in [6.45, 7) is 35.3. The van der Waals surface area contributed by atoms with Crippen molar-refractivity contribution in [3.8, 4) is 23.0 Å². The van der Waals surface area contributed by atoms with E-state index in [4.69, 9.17) is 0 Å². The standard InChI is InChI=1S/C27H32O2.C24H28O2/c1-7-11-19-15-23(16-20(12-8-2)25(19)28)27(5,6)24-17-21(13-9-3)26(29)22(18-24)14-10-4;1-6-9-17-14-20(12-13-22(17)25)24(4,5)21-15-18(10-7-2)23(26)19(16-21)11-8-3/h7-10,15-18,28-29H,1-4,11-14H2,5-6H3;6-8,12-16,25-26H,1-3,9-11H2,4-5H3. The van der Waals surface area contributed by atoms with Crippen LogP contribution in [0.5, 0.6) is 23.0 Å². The van der Waals surface area contributed by atoms with E-state index in [0.717, 1.165) is 61.2 Å². The summed E-state index contributed by atoms with van der Waals surface area (Å²) in [5.74, 6) is 1.24. The van der Waals surface area contributed by atoms with Crippen LogP contribution >= 0.6 is 0 Å². The Morgan fingerprint density at radius 3 is 0.836 bits per heavy atom. The molecule has 4 aromatic carbocycles. The molecule has 0 radical (unpaired) electrons. The molecule has 0 atom stereocenters. The van der Waals surface area contributed by atoms with Gasteiger partial charge in [0.05, 0.1) is 0 Å². The van der Waals surface area contributed by atoms with Gasteiger partial charge in [-0.3, -0.25) is 0 Å².